The van der Waals surface area contributed by atoms with Gasteiger partial charge in [-0.25, -0.2) is 0 Å². The molecule has 0 radical (unpaired) electrons. The normalized spacial score (nSPS) is 34.4. The molecular weight excluding hydrogens is 524 g/mol. The van der Waals surface area contributed by atoms with Crippen LogP contribution in [0.15, 0.2) is 41.3 Å². The first-order chi connectivity index (χ1) is 19.2. The van der Waals surface area contributed by atoms with Crippen LogP contribution in [0, 0.1) is 23.7 Å². The second kappa shape index (κ2) is 11.9. The van der Waals surface area contributed by atoms with Crippen LogP contribution in [0.3, 0.4) is 0 Å². The highest BCUT2D eigenvalue weighted by Crippen LogP contribution is 2.55. The topological polar surface area (TPSA) is 91.0 Å². The third kappa shape index (κ3) is 5.09. The molecule has 0 aromatic heterocycles. The Hall–Kier alpha value is -2.36. The Morgan fingerprint density at radius 2 is 1.95 bits per heavy atom. The number of carbonyl (C=O) groups excluding carboxylic acids is 3. The summed E-state index contributed by atoms with van der Waals surface area (Å²) in [5.41, 5.74) is -0.446. The van der Waals surface area contributed by atoms with Crippen LogP contribution < -0.4 is 10.6 Å². The summed E-state index contributed by atoms with van der Waals surface area (Å²) in [5, 5.41) is 6.36. The van der Waals surface area contributed by atoms with Gasteiger partial charge in [-0.3, -0.25) is 14.4 Å². The van der Waals surface area contributed by atoms with Crippen LogP contribution in [0.5, 0.6) is 0 Å². The highest BCUT2D eigenvalue weighted by atomic mass is 32.2. The summed E-state index contributed by atoms with van der Waals surface area (Å²) < 4.78 is 6.52. The van der Waals surface area contributed by atoms with Gasteiger partial charge in [0.2, 0.25) is 17.7 Å². The predicted octanol–water partition coefficient (Wildman–Crippen LogP) is 3.78. The molecule has 2 saturated heterocycles. The van der Waals surface area contributed by atoms with E-state index in [2.05, 4.69) is 43.2 Å². The summed E-state index contributed by atoms with van der Waals surface area (Å²) in [7, 11) is 0. The molecule has 2 bridgehead atoms. The number of ether oxygens (including phenoxy) is 1. The SMILES string of the molecule is CCN(CC)CCN1C(=O)[C@@H]2C(C(=O)Nc3cccc(SC)c3)[C@@H]3C=CC2(O3)C1C(=O)NC1CCCC(C)C1C. The van der Waals surface area contributed by atoms with E-state index in [4.69, 9.17) is 4.74 Å². The Balaban J connectivity index is 1.43. The van der Waals surface area contributed by atoms with Crippen molar-refractivity contribution in [3.63, 3.8) is 0 Å². The molecule has 9 heteroatoms. The maximum atomic E-state index is 14.2. The number of nitrogens with zero attached hydrogens (tertiary/aromatic N) is 2. The molecule has 8 nitrogen and oxygen atoms in total. The molecule has 2 N–H and O–H groups in total. The van der Waals surface area contributed by atoms with Gasteiger partial charge >= 0.3 is 0 Å². The number of nitrogens with one attached hydrogen (secondary N) is 2. The van der Waals surface area contributed by atoms with E-state index in [1.54, 1.807) is 16.7 Å². The van der Waals surface area contributed by atoms with Gasteiger partial charge in [-0.05, 0) is 55.8 Å². The molecule has 3 heterocycles. The second-order valence-electron chi connectivity index (χ2n) is 11.9. The van der Waals surface area contributed by atoms with E-state index in [1.165, 1.54) is 6.42 Å². The van der Waals surface area contributed by atoms with Gasteiger partial charge in [-0.15, -0.1) is 11.8 Å². The fourth-order valence-corrected chi connectivity index (χ4v) is 7.73. The molecule has 8 atom stereocenters. The third-order valence-corrected chi connectivity index (χ3v) is 10.6. The molecule has 4 aliphatic rings. The number of rotatable bonds is 10. The summed E-state index contributed by atoms with van der Waals surface area (Å²) in [6, 6.07) is 6.94. The Bertz CT molecular complexity index is 1160. The zero-order valence-electron chi connectivity index (χ0n) is 24.4. The van der Waals surface area contributed by atoms with Crippen molar-refractivity contribution in [3.8, 4) is 0 Å². The van der Waals surface area contributed by atoms with Crippen LogP contribution in [0.25, 0.3) is 0 Å². The molecule has 1 aromatic rings. The van der Waals surface area contributed by atoms with Gasteiger partial charge in [0.1, 0.15) is 11.6 Å². The molecular formula is C31H44N4O4S. The molecule has 3 amide bonds. The Morgan fingerprint density at radius 1 is 1.18 bits per heavy atom. The molecule has 1 saturated carbocycles. The first-order valence-electron chi connectivity index (χ1n) is 14.9. The Kier molecular flexibility index (Phi) is 8.64. The second-order valence-corrected chi connectivity index (χ2v) is 12.7. The average molecular weight is 569 g/mol. The summed E-state index contributed by atoms with van der Waals surface area (Å²) in [5.74, 6) is -1.11. The number of anilines is 1. The van der Waals surface area contributed by atoms with Crippen LogP contribution in [0.2, 0.25) is 0 Å². The number of amides is 3. The number of fused-ring (bicyclic) bond motifs is 1. The first kappa shape index (κ1) is 29.1. The summed E-state index contributed by atoms with van der Waals surface area (Å²) in [6.45, 7) is 11.4. The number of hydrogen-bond donors (Lipinski definition) is 2. The van der Waals surface area contributed by atoms with E-state index in [-0.39, 0.29) is 23.8 Å². The van der Waals surface area contributed by atoms with Crippen molar-refractivity contribution in [2.45, 2.75) is 75.6 Å². The molecule has 6 unspecified atom stereocenters. The lowest BCUT2D eigenvalue weighted by Crippen LogP contribution is -2.58. The highest BCUT2D eigenvalue weighted by molar-refractivity contribution is 7.98. The number of likely N-dealkylation sites (N-methyl/N-ethyl adjacent to an activating group) is 1. The summed E-state index contributed by atoms with van der Waals surface area (Å²) in [4.78, 5) is 47.0. The van der Waals surface area contributed by atoms with Crippen molar-refractivity contribution < 1.29 is 19.1 Å². The number of thioether (sulfide) groups is 1. The molecule has 1 aromatic carbocycles. The maximum Gasteiger partial charge on any atom is 0.246 e. The van der Waals surface area contributed by atoms with Gasteiger partial charge in [0.25, 0.3) is 0 Å². The molecule has 218 valence electrons. The average Bonchev–Trinajstić information content (AvgIpc) is 3.59. The Labute approximate surface area is 242 Å². The van der Waals surface area contributed by atoms with Crippen LogP contribution in [0.1, 0.15) is 47.0 Å². The van der Waals surface area contributed by atoms with Gasteiger partial charge in [0.15, 0.2) is 0 Å². The molecule has 40 heavy (non-hydrogen) atoms. The standard InChI is InChI=1S/C31H44N4O4S/c1-6-34(7-2)16-17-35-27(29(37)33-23-13-8-10-19(3)20(23)4)31-15-14-24(39-31)25(26(31)30(35)38)28(36)32-21-11-9-12-22(18-21)40-5/h9,11-12,14-15,18-20,23-27H,6-8,10,13,16-17H2,1-5H3,(H,32,36)(H,33,37)/t19?,20?,23?,24-,25?,26-,27?,31?/m0/s1. The molecule has 1 aliphatic carbocycles. The minimum atomic E-state index is -1.14. The van der Waals surface area contributed by atoms with E-state index in [9.17, 15) is 14.4 Å². The van der Waals surface area contributed by atoms with Crippen molar-refractivity contribution in [2.24, 2.45) is 23.7 Å². The Morgan fingerprint density at radius 3 is 2.67 bits per heavy atom. The van der Waals surface area contributed by atoms with Crippen LogP contribution >= 0.6 is 11.8 Å². The lowest BCUT2D eigenvalue weighted by atomic mass is 9.73. The fourth-order valence-electron chi connectivity index (χ4n) is 7.27. The number of hydrogen-bond acceptors (Lipinski definition) is 6. The lowest BCUT2D eigenvalue weighted by Gasteiger charge is -2.38. The van der Waals surface area contributed by atoms with Crippen molar-refractivity contribution >= 4 is 35.2 Å². The van der Waals surface area contributed by atoms with Crippen molar-refractivity contribution in [1.29, 1.82) is 0 Å². The van der Waals surface area contributed by atoms with Crippen LogP contribution in [-0.4, -0.2) is 83.7 Å². The van der Waals surface area contributed by atoms with Crippen LogP contribution in [-0.2, 0) is 19.1 Å². The molecule has 3 fully saturated rings. The minimum Gasteiger partial charge on any atom is -0.359 e. The van der Waals surface area contributed by atoms with Gasteiger partial charge in [0, 0.05) is 29.7 Å². The molecule has 5 rings (SSSR count). The monoisotopic (exact) mass is 568 g/mol. The van der Waals surface area contributed by atoms with Crippen molar-refractivity contribution in [2.75, 3.05) is 37.8 Å². The quantitative estimate of drug-likeness (QED) is 0.330. The number of benzene rings is 1. The third-order valence-electron chi connectivity index (χ3n) is 9.85. The largest absolute Gasteiger partial charge is 0.359 e. The zero-order valence-corrected chi connectivity index (χ0v) is 25.2. The summed E-state index contributed by atoms with van der Waals surface area (Å²) in [6.07, 6.45) is 8.42. The predicted molar refractivity (Wildman–Crippen MR) is 158 cm³/mol. The zero-order chi connectivity index (χ0) is 28.6. The maximum absolute atomic E-state index is 14.2. The van der Waals surface area contributed by atoms with Crippen LogP contribution in [0.4, 0.5) is 5.69 Å². The van der Waals surface area contributed by atoms with E-state index in [0.29, 0.717) is 30.6 Å². The fraction of sp³-hybridized carbons (Fsp3) is 0.645. The molecule has 1 spiro atoms. The smallest absolute Gasteiger partial charge is 0.246 e. The summed E-state index contributed by atoms with van der Waals surface area (Å²) >= 11 is 1.60. The van der Waals surface area contributed by atoms with Gasteiger partial charge in [0.05, 0.1) is 17.9 Å². The highest BCUT2D eigenvalue weighted by Gasteiger charge is 2.72. The van der Waals surface area contributed by atoms with Crippen molar-refractivity contribution in [3.05, 3.63) is 36.4 Å². The number of likely N-dealkylation sites (tertiary alicyclic amines) is 1. The first-order valence-corrected chi connectivity index (χ1v) is 16.1. The van der Waals surface area contributed by atoms with E-state index >= 15 is 0 Å². The van der Waals surface area contributed by atoms with Gasteiger partial charge in [-0.2, -0.15) is 0 Å². The molecule has 3 aliphatic heterocycles. The lowest BCUT2D eigenvalue weighted by molar-refractivity contribution is -0.141. The van der Waals surface area contributed by atoms with Crippen molar-refractivity contribution in [1.82, 2.24) is 15.1 Å². The van der Waals surface area contributed by atoms with Gasteiger partial charge in [-0.1, -0.05) is 58.8 Å². The van der Waals surface area contributed by atoms with E-state index in [1.807, 2.05) is 42.7 Å². The number of carbonyl (C=O) groups is 3. The van der Waals surface area contributed by atoms with E-state index in [0.717, 1.165) is 30.8 Å². The van der Waals surface area contributed by atoms with Gasteiger partial charge < -0.3 is 25.2 Å². The minimum absolute atomic E-state index is 0.0665. The van der Waals surface area contributed by atoms with E-state index < -0.39 is 29.6 Å².